The fourth-order valence-electron chi connectivity index (χ4n) is 2.51. The lowest BCUT2D eigenvalue weighted by Crippen LogP contribution is -2.29. The molecule has 2 heterocycles. The molecule has 1 saturated heterocycles. The van der Waals surface area contributed by atoms with Crippen molar-refractivity contribution in [1.82, 2.24) is 9.88 Å². The Hall–Kier alpha value is -1.91. The van der Waals surface area contributed by atoms with Crippen molar-refractivity contribution in [3.63, 3.8) is 0 Å². The number of carbonyl (C=O) groups excluding carboxylic acids is 2. The van der Waals surface area contributed by atoms with Crippen LogP contribution in [0.3, 0.4) is 0 Å². The molecule has 19 heavy (non-hydrogen) atoms. The molecule has 2 aliphatic rings. The van der Waals surface area contributed by atoms with Crippen molar-refractivity contribution >= 4 is 17.5 Å². The summed E-state index contributed by atoms with van der Waals surface area (Å²) in [4.78, 5) is 29.9. The molecule has 1 saturated carbocycles. The Kier molecular flexibility index (Phi) is 2.97. The van der Waals surface area contributed by atoms with Crippen LogP contribution in [0.5, 0.6) is 0 Å². The SMILES string of the molecule is Cc1cc(NC(=O)C2CC(=O)N(C3CC3)C2)ccn1. The molecule has 0 aromatic carbocycles. The Labute approximate surface area is 112 Å². The van der Waals surface area contributed by atoms with Crippen molar-refractivity contribution in [1.29, 1.82) is 0 Å². The number of aryl methyl sites for hydroxylation is 1. The van der Waals surface area contributed by atoms with Gasteiger partial charge >= 0.3 is 0 Å². The van der Waals surface area contributed by atoms with Gasteiger partial charge < -0.3 is 10.2 Å². The standard InChI is InChI=1S/C14H17N3O2/c1-9-6-11(4-5-15-9)16-14(19)10-7-13(18)17(8-10)12-2-3-12/h4-6,10,12H,2-3,7-8H2,1H3,(H,15,16,19). The van der Waals surface area contributed by atoms with Crippen molar-refractivity contribution in [3.8, 4) is 0 Å². The molecule has 0 bridgehead atoms. The second-order valence-electron chi connectivity index (χ2n) is 5.35. The van der Waals surface area contributed by atoms with Crippen LogP contribution in [0.25, 0.3) is 0 Å². The Morgan fingerprint density at radius 2 is 2.26 bits per heavy atom. The van der Waals surface area contributed by atoms with Gasteiger partial charge in [-0.25, -0.2) is 0 Å². The highest BCUT2D eigenvalue weighted by Gasteiger charge is 2.41. The number of hydrogen-bond donors (Lipinski definition) is 1. The van der Waals surface area contributed by atoms with Crippen LogP contribution in [0.1, 0.15) is 25.0 Å². The summed E-state index contributed by atoms with van der Waals surface area (Å²) in [6, 6.07) is 3.99. The van der Waals surface area contributed by atoms with Gasteiger partial charge in [-0.05, 0) is 31.9 Å². The predicted molar refractivity (Wildman–Crippen MR) is 70.4 cm³/mol. The Balaban J connectivity index is 1.63. The largest absolute Gasteiger partial charge is 0.339 e. The van der Waals surface area contributed by atoms with E-state index in [0.29, 0.717) is 19.0 Å². The summed E-state index contributed by atoms with van der Waals surface area (Å²) < 4.78 is 0. The highest BCUT2D eigenvalue weighted by Crippen LogP contribution is 2.32. The molecular weight excluding hydrogens is 242 g/mol. The van der Waals surface area contributed by atoms with E-state index in [2.05, 4.69) is 10.3 Å². The maximum Gasteiger partial charge on any atom is 0.229 e. The topological polar surface area (TPSA) is 62.3 Å². The summed E-state index contributed by atoms with van der Waals surface area (Å²) in [5.41, 5.74) is 1.61. The van der Waals surface area contributed by atoms with Crippen LogP contribution in [-0.2, 0) is 9.59 Å². The van der Waals surface area contributed by atoms with Crippen LogP contribution < -0.4 is 5.32 Å². The van der Waals surface area contributed by atoms with E-state index in [-0.39, 0.29) is 17.7 Å². The van der Waals surface area contributed by atoms with Crippen molar-refractivity contribution in [2.75, 3.05) is 11.9 Å². The lowest BCUT2D eigenvalue weighted by molar-refractivity contribution is -0.128. The van der Waals surface area contributed by atoms with Gasteiger partial charge in [-0.2, -0.15) is 0 Å². The summed E-state index contributed by atoms with van der Waals surface area (Å²) in [6.07, 6.45) is 4.18. The third kappa shape index (κ3) is 2.59. The molecule has 0 radical (unpaired) electrons. The molecule has 0 spiro atoms. The molecule has 3 rings (SSSR count). The number of nitrogens with one attached hydrogen (secondary N) is 1. The zero-order valence-corrected chi connectivity index (χ0v) is 10.9. The number of carbonyl (C=O) groups is 2. The van der Waals surface area contributed by atoms with Gasteiger partial charge in [0.25, 0.3) is 0 Å². The van der Waals surface area contributed by atoms with Gasteiger partial charge in [0, 0.05) is 36.6 Å². The van der Waals surface area contributed by atoms with E-state index in [0.717, 1.165) is 24.2 Å². The monoisotopic (exact) mass is 259 g/mol. The van der Waals surface area contributed by atoms with Crippen LogP contribution in [0, 0.1) is 12.8 Å². The number of pyridine rings is 1. The fourth-order valence-corrected chi connectivity index (χ4v) is 2.51. The molecule has 1 aliphatic carbocycles. The van der Waals surface area contributed by atoms with Gasteiger partial charge in [0.2, 0.25) is 11.8 Å². The third-order valence-corrected chi connectivity index (χ3v) is 3.68. The van der Waals surface area contributed by atoms with Crippen LogP contribution in [0.15, 0.2) is 18.3 Å². The van der Waals surface area contributed by atoms with E-state index in [1.807, 2.05) is 17.9 Å². The quantitative estimate of drug-likeness (QED) is 0.891. The smallest absolute Gasteiger partial charge is 0.229 e. The minimum absolute atomic E-state index is 0.0675. The van der Waals surface area contributed by atoms with Gasteiger partial charge in [-0.3, -0.25) is 14.6 Å². The molecule has 1 aromatic heterocycles. The molecule has 2 fully saturated rings. The molecule has 1 N–H and O–H groups in total. The van der Waals surface area contributed by atoms with Crippen molar-refractivity contribution in [3.05, 3.63) is 24.0 Å². The summed E-state index contributed by atoms with van der Waals surface area (Å²) >= 11 is 0. The highest BCUT2D eigenvalue weighted by molar-refractivity contribution is 5.97. The number of nitrogens with zero attached hydrogens (tertiary/aromatic N) is 2. The number of anilines is 1. The van der Waals surface area contributed by atoms with Crippen molar-refractivity contribution in [2.45, 2.75) is 32.2 Å². The summed E-state index contributed by atoms with van der Waals surface area (Å²) in [5.74, 6) is -0.169. The van der Waals surface area contributed by atoms with Crippen LogP contribution >= 0.6 is 0 Å². The van der Waals surface area contributed by atoms with Gasteiger partial charge in [0.1, 0.15) is 0 Å². The Morgan fingerprint density at radius 1 is 1.47 bits per heavy atom. The number of amides is 2. The van der Waals surface area contributed by atoms with E-state index >= 15 is 0 Å². The average molecular weight is 259 g/mol. The van der Waals surface area contributed by atoms with E-state index in [1.165, 1.54) is 0 Å². The van der Waals surface area contributed by atoms with Crippen molar-refractivity contribution in [2.24, 2.45) is 5.92 Å². The van der Waals surface area contributed by atoms with E-state index < -0.39 is 0 Å². The van der Waals surface area contributed by atoms with Gasteiger partial charge in [0.05, 0.1) is 5.92 Å². The van der Waals surface area contributed by atoms with Crippen LogP contribution in [-0.4, -0.2) is 34.3 Å². The first-order valence-electron chi connectivity index (χ1n) is 6.66. The number of rotatable bonds is 3. The first-order valence-corrected chi connectivity index (χ1v) is 6.66. The van der Waals surface area contributed by atoms with Crippen LogP contribution in [0.2, 0.25) is 0 Å². The molecule has 1 aromatic rings. The number of aromatic nitrogens is 1. The minimum atomic E-state index is -0.221. The third-order valence-electron chi connectivity index (χ3n) is 3.68. The molecule has 1 atom stereocenters. The average Bonchev–Trinajstić information content (AvgIpc) is 3.12. The van der Waals surface area contributed by atoms with E-state index in [9.17, 15) is 9.59 Å². The highest BCUT2D eigenvalue weighted by atomic mass is 16.2. The zero-order chi connectivity index (χ0) is 13.4. The molecule has 1 aliphatic heterocycles. The molecule has 1 unspecified atom stereocenters. The van der Waals surface area contributed by atoms with Crippen molar-refractivity contribution < 1.29 is 9.59 Å². The van der Waals surface area contributed by atoms with E-state index in [4.69, 9.17) is 0 Å². The second-order valence-corrected chi connectivity index (χ2v) is 5.35. The fraction of sp³-hybridized carbons (Fsp3) is 0.500. The maximum absolute atomic E-state index is 12.1. The zero-order valence-electron chi connectivity index (χ0n) is 10.9. The maximum atomic E-state index is 12.1. The van der Waals surface area contributed by atoms with Crippen LogP contribution in [0.4, 0.5) is 5.69 Å². The first-order chi connectivity index (χ1) is 9.13. The lowest BCUT2D eigenvalue weighted by atomic mass is 10.1. The Bertz CT molecular complexity index is 525. The first kappa shape index (κ1) is 12.1. The number of likely N-dealkylation sites (tertiary alicyclic amines) is 1. The molecular formula is C14H17N3O2. The summed E-state index contributed by atoms with van der Waals surface area (Å²) in [5, 5.41) is 2.87. The number of hydrogen-bond acceptors (Lipinski definition) is 3. The molecule has 100 valence electrons. The van der Waals surface area contributed by atoms with Gasteiger partial charge in [-0.1, -0.05) is 0 Å². The van der Waals surface area contributed by atoms with Gasteiger partial charge in [0.15, 0.2) is 0 Å². The molecule has 5 nitrogen and oxygen atoms in total. The molecule has 2 amide bonds. The minimum Gasteiger partial charge on any atom is -0.339 e. The predicted octanol–water partition coefficient (Wildman–Crippen LogP) is 1.34. The van der Waals surface area contributed by atoms with Gasteiger partial charge in [-0.15, -0.1) is 0 Å². The second kappa shape index (κ2) is 4.64. The summed E-state index contributed by atoms with van der Waals surface area (Å²) in [7, 11) is 0. The Morgan fingerprint density at radius 3 is 2.95 bits per heavy atom. The summed E-state index contributed by atoms with van der Waals surface area (Å²) in [6.45, 7) is 2.45. The normalized spacial score (nSPS) is 22.7. The molecule has 5 heteroatoms. The van der Waals surface area contributed by atoms with E-state index in [1.54, 1.807) is 12.3 Å². The lowest BCUT2D eigenvalue weighted by Gasteiger charge is -2.15.